The molecule has 0 bridgehead atoms. The van der Waals surface area contributed by atoms with E-state index in [9.17, 15) is 14.0 Å². The Labute approximate surface area is 158 Å². The van der Waals surface area contributed by atoms with Crippen LogP contribution in [-0.2, 0) is 4.79 Å². The Balaban J connectivity index is 1.85. The van der Waals surface area contributed by atoms with Crippen LogP contribution >= 0.6 is 0 Å². The standard InChI is InChI=1S/C21H24FN3O2/c1-3-7-18-20(26)25(21(27)23-18)14-24(2)19(15-8-5-4-6-9-15)16-10-12-17(22)13-11-16/h4-6,8-13,18-19H,3,7,14H2,1-2H3,(H,23,27)/t18-,19-/m1/s1. The highest BCUT2D eigenvalue weighted by molar-refractivity contribution is 6.04. The van der Waals surface area contributed by atoms with Gasteiger partial charge in [-0.15, -0.1) is 0 Å². The van der Waals surface area contributed by atoms with Gasteiger partial charge in [-0.05, 0) is 36.7 Å². The molecule has 3 amide bonds. The van der Waals surface area contributed by atoms with Crippen LogP contribution in [0.25, 0.3) is 0 Å². The number of urea groups is 1. The lowest BCUT2D eigenvalue weighted by Gasteiger charge is -2.31. The van der Waals surface area contributed by atoms with E-state index in [1.807, 2.05) is 49.2 Å². The van der Waals surface area contributed by atoms with Gasteiger partial charge in [0.2, 0.25) is 0 Å². The van der Waals surface area contributed by atoms with Gasteiger partial charge in [-0.2, -0.15) is 0 Å². The molecule has 1 aliphatic rings. The fourth-order valence-electron chi connectivity index (χ4n) is 3.48. The molecule has 2 atom stereocenters. The minimum Gasteiger partial charge on any atom is -0.326 e. The molecule has 1 heterocycles. The molecule has 2 aromatic carbocycles. The van der Waals surface area contributed by atoms with Crippen molar-refractivity contribution in [3.05, 3.63) is 71.5 Å². The first-order chi connectivity index (χ1) is 13.0. The number of hydrogen-bond donors (Lipinski definition) is 1. The van der Waals surface area contributed by atoms with Gasteiger partial charge in [0.1, 0.15) is 11.9 Å². The molecule has 142 valence electrons. The van der Waals surface area contributed by atoms with E-state index in [0.29, 0.717) is 6.42 Å². The maximum atomic E-state index is 13.4. The zero-order valence-electron chi connectivity index (χ0n) is 15.6. The van der Waals surface area contributed by atoms with E-state index in [4.69, 9.17) is 0 Å². The van der Waals surface area contributed by atoms with Crippen molar-refractivity contribution in [2.45, 2.75) is 31.8 Å². The Morgan fingerprint density at radius 3 is 2.33 bits per heavy atom. The highest BCUT2D eigenvalue weighted by Crippen LogP contribution is 2.28. The van der Waals surface area contributed by atoms with Crippen molar-refractivity contribution in [2.75, 3.05) is 13.7 Å². The lowest BCUT2D eigenvalue weighted by atomic mass is 9.97. The lowest BCUT2D eigenvalue weighted by molar-refractivity contribution is -0.129. The van der Waals surface area contributed by atoms with Crippen LogP contribution in [0, 0.1) is 5.82 Å². The summed E-state index contributed by atoms with van der Waals surface area (Å²) in [5, 5.41) is 2.75. The second kappa shape index (κ2) is 8.31. The molecular formula is C21H24FN3O2. The molecule has 3 rings (SSSR count). The molecule has 1 fully saturated rings. The molecule has 2 aromatic rings. The number of imide groups is 1. The second-order valence-electron chi connectivity index (χ2n) is 6.82. The number of carbonyl (C=O) groups excluding carboxylic acids is 2. The zero-order valence-corrected chi connectivity index (χ0v) is 15.6. The topological polar surface area (TPSA) is 52.7 Å². The van der Waals surface area contributed by atoms with Gasteiger partial charge in [-0.3, -0.25) is 9.69 Å². The third-order valence-corrected chi connectivity index (χ3v) is 4.79. The molecule has 1 aliphatic heterocycles. The summed E-state index contributed by atoms with van der Waals surface area (Å²) in [6.07, 6.45) is 1.45. The molecule has 0 spiro atoms. The van der Waals surface area contributed by atoms with Crippen LogP contribution in [0.3, 0.4) is 0 Å². The Kier molecular flexibility index (Phi) is 5.86. The third kappa shape index (κ3) is 4.17. The molecule has 0 aliphatic carbocycles. The molecule has 1 saturated heterocycles. The minimum absolute atomic E-state index is 0.155. The number of hydrogen-bond acceptors (Lipinski definition) is 3. The van der Waals surface area contributed by atoms with Crippen molar-refractivity contribution in [2.24, 2.45) is 0 Å². The molecule has 0 unspecified atom stereocenters. The summed E-state index contributed by atoms with van der Waals surface area (Å²) in [6.45, 7) is 2.13. The summed E-state index contributed by atoms with van der Waals surface area (Å²) in [5.74, 6) is -0.496. The zero-order chi connectivity index (χ0) is 19.4. The first-order valence-corrected chi connectivity index (χ1v) is 9.13. The van der Waals surface area contributed by atoms with Crippen LogP contribution in [0.4, 0.5) is 9.18 Å². The maximum Gasteiger partial charge on any atom is 0.325 e. The normalized spacial score (nSPS) is 18.1. The number of benzene rings is 2. The van der Waals surface area contributed by atoms with Gasteiger partial charge in [-0.1, -0.05) is 55.8 Å². The van der Waals surface area contributed by atoms with Crippen molar-refractivity contribution < 1.29 is 14.0 Å². The largest absolute Gasteiger partial charge is 0.326 e. The average Bonchev–Trinajstić information content (AvgIpc) is 2.92. The monoisotopic (exact) mass is 369 g/mol. The Morgan fingerprint density at radius 1 is 1.07 bits per heavy atom. The Hall–Kier alpha value is -2.73. The van der Waals surface area contributed by atoms with Crippen molar-refractivity contribution >= 4 is 11.9 Å². The van der Waals surface area contributed by atoms with E-state index in [1.165, 1.54) is 17.0 Å². The molecule has 6 heteroatoms. The van der Waals surface area contributed by atoms with Gasteiger partial charge < -0.3 is 5.32 Å². The predicted octanol–water partition coefficient (Wildman–Crippen LogP) is 3.52. The van der Waals surface area contributed by atoms with E-state index in [-0.39, 0.29) is 30.5 Å². The van der Waals surface area contributed by atoms with Gasteiger partial charge in [0.05, 0.1) is 12.7 Å². The first kappa shape index (κ1) is 19.0. The van der Waals surface area contributed by atoms with E-state index >= 15 is 0 Å². The number of halogens is 1. The number of nitrogens with zero attached hydrogens (tertiary/aromatic N) is 2. The van der Waals surface area contributed by atoms with Gasteiger partial charge in [0, 0.05) is 0 Å². The van der Waals surface area contributed by atoms with Crippen molar-refractivity contribution in [1.29, 1.82) is 0 Å². The summed E-state index contributed by atoms with van der Waals surface area (Å²) in [5.41, 5.74) is 1.89. The van der Waals surface area contributed by atoms with Crippen molar-refractivity contribution in [3.63, 3.8) is 0 Å². The SMILES string of the molecule is CCC[C@H]1NC(=O)N(CN(C)[C@H](c2ccccc2)c2ccc(F)cc2)C1=O. The van der Waals surface area contributed by atoms with Gasteiger partial charge in [0.25, 0.3) is 5.91 Å². The quantitative estimate of drug-likeness (QED) is 0.760. The predicted molar refractivity (Wildman–Crippen MR) is 101 cm³/mol. The fraction of sp³-hybridized carbons (Fsp3) is 0.333. The minimum atomic E-state index is -0.447. The third-order valence-electron chi connectivity index (χ3n) is 4.79. The number of carbonyl (C=O) groups is 2. The van der Waals surface area contributed by atoms with Gasteiger partial charge >= 0.3 is 6.03 Å². The number of rotatable bonds is 7. The molecule has 5 nitrogen and oxygen atoms in total. The van der Waals surface area contributed by atoms with Crippen molar-refractivity contribution in [3.8, 4) is 0 Å². The van der Waals surface area contributed by atoms with Crippen molar-refractivity contribution in [1.82, 2.24) is 15.1 Å². The first-order valence-electron chi connectivity index (χ1n) is 9.13. The van der Waals surface area contributed by atoms with Crippen LogP contribution in [0.1, 0.15) is 36.9 Å². The number of nitrogens with one attached hydrogen (secondary N) is 1. The maximum absolute atomic E-state index is 13.4. The van der Waals surface area contributed by atoms with Crippen LogP contribution in [0.2, 0.25) is 0 Å². The summed E-state index contributed by atoms with van der Waals surface area (Å²) in [7, 11) is 1.86. The Bertz CT molecular complexity index is 795. The Morgan fingerprint density at radius 2 is 1.70 bits per heavy atom. The molecule has 1 N–H and O–H groups in total. The van der Waals surface area contributed by atoms with E-state index < -0.39 is 6.04 Å². The highest BCUT2D eigenvalue weighted by atomic mass is 19.1. The van der Waals surface area contributed by atoms with Crippen LogP contribution in [0.5, 0.6) is 0 Å². The van der Waals surface area contributed by atoms with Crippen LogP contribution in [-0.4, -0.2) is 41.5 Å². The van der Waals surface area contributed by atoms with Gasteiger partial charge in [0.15, 0.2) is 0 Å². The molecule has 0 aromatic heterocycles. The molecular weight excluding hydrogens is 345 g/mol. The average molecular weight is 369 g/mol. The van der Waals surface area contributed by atoms with Crippen LogP contribution in [0.15, 0.2) is 54.6 Å². The van der Waals surface area contributed by atoms with E-state index in [1.54, 1.807) is 12.1 Å². The van der Waals surface area contributed by atoms with Gasteiger partial charge in [-0.25, -0.2) is 14.1 Å². The second-order valence-corrected chi connectivity index (χ2v) is 6.82. The summed E-state index contributed by atoms with van der Waals surface area (Å²) < 4.78 is 13.4. The molecule has 0 saturated carbocycles. The van der Waals surface area contributed by atoms with Crippen LogP contribution < -0.4 is 5.32 Å². The molecule has 27 heavy (non-hydrogen) atoms. The number of amides is 3. The van der Waals surface area contributed by atoms with E-state index in [2.05, 4.69) is 5.32 Å². The van der Waals surface area contributed by atoms with E-state index in [0.717, 1.165) is 17.5 Å². The fourth-order valence-corrected chi connectivity index (χ4v) is 3.48. The summed E-state index contributed by atoms with van der Waals surface area (Å²) in [6, 6.07) is 15.0. The summed E-state index contributed by atoms with van der Waals surface area (Å²) >= 11 is 0. The highest BCUT2D eigenvalue weighted by Gasteiger charge is 2.38. The molecule has 0 radical (unpaired) electrons. The smallest absolute Gasteiger partial charge is 0.325 e. The lowest BCUT2D eigenvalue weighted by Crippen LogP contribution is -2.42. The summed E-state index contributed by atoms with van der Waals surface area (Å²) in [4.78, 5) is 28.0.